The second kappa shape index (κ2) is 10.9. The molecule has 7 nitrogen and oxygen atoms in total. The zero-order chi connectivity index (χ0) is 29.9. The number of aliphatic hydroxyl groups excluding tert-OH is 1. The van der Waals surface area contributed by atoms with E-state index in [1.54, 1.807) is 30.3 Å². The highest BCUT2D eigenvalue weighted by Crippen LogP contribution is 2.60. The van der Waals surface area contributed by atoms with Crippen LogP contribution in [0, 0.1) is 11.2 Å². The Hall–Kier alpha value is -2.68. The van der Waals surface area contributed by atoms with Gasteiger partial charge in [-0.1, -0.05) is 62.2 Å². The van der Waals surface area contributed by atoms with Crippen LogP contribution in [0.1, 0.15) is 76.8 Å². The van der Waals surface area contributed by atoms with Crippen LogP contribution >= 0.6 is 23.2 Å². The normalized spacial score (nSPS) is 29.4. The van der Waals surface area contributed by atoms with E-state index >= 15 is 4.39 Å². The largest absolute Gasteiger partial charge is 0.393 e. The molecule has 1 spiro atoms. The lowest BCUT2D eigenvalue weighted by Crippen LogP contribution is -2.53. The number of fused-ring (bicyclic) bond motifs is 2. The number of amides is 3. The molecule has 2 aromatic rings. The van der Waals surface area contributed by atoms with Gasteiger partial charge >= 0.3 is 0 Å². The van der Waals surface area contributed by atoms with Crippen molar-refractivity contribution < 1.29 is 23.9 Å². The van der Waals surface area contributed by atoms with Crippen LogP contribution in [0.2, 0.25) is 10.0 Å². The highest BCUT2D eigenvalue weighted by Gasteiger charge is 2.70. The minimum Gasteiger partial charge on any atom is -0.393 e. The van der Waals surface area contributed by atoms with Gasteiger partial charge in [-0.2, -0.15) is 0 Å². The molecule has 2 aliphatic heterocycles. The number of carbonyl (C=O) groups is 3. The van der Waals surface area contributed by atoms with Crippen molar-refractivity contribution >= 4 is 46.6 Å². The minimum absolute atomic E-state index is 0.0947. The average Bonchev–Trinajstić information content (AvgIpc) is 3.33. The quantitative estimate of drug-likeness (QED) is 0.426. The van der Waals surface area contributed by atoms with Gasteiger partial charge in [-0.05, 0) is 66.8 Å². The zero-order valence-electron chi connectivity index (χ0n) is 23.6. The molecule has 4 atom stereocenters. The maximum Gasteiger partial charge on any atom is 0.243 e. The third-order valence-corrected chi connectivity index (χ3v) is 9.34. The lowest BCUT2D eigenvalue weighted by Gasteiger charge is -2.39. The first-order chi connectivity index (χ1) is 19.3. The average molecular weight is 605 g/mol. The predicted octanol–water partition coefficient (Wildman–Crippen LogP) is 5.56. The van der Waals surface area contributed by atoms with Crippen molar-refractivity contribution in [3.05, 3.63) is 63.4 Å². The molecular formula is C31H36Cl2FN3O4. The minimum atomic E-state index is -1.50. The predicted molar refractivity (Wildman–Crippen MR) is 156 cm³/mol. The van der Waals surface area contributed by atoms with E-state index in [1.807, 2.05) is 20.8 Å². The van der Waals surface area contributed by atoms with Crippen LogP contribution in [0.3, 0.4) is 0 Å². The van der Waals surface area contributed by atoms with Gasteiger partial charge in [-0.3, -0.25) is 14.4 Å². The molecule has 41 heavy (non-hydrogen) atoms. The van der Waals surface area contributed by atoms with Gasteiger partial charge < -0.3 is 20.6 Å². The molecule has 0 bridgehead atoms. The van der Waals surface area contributed by atoms with E-state index in [9.17, 15) is 19.5 Å². The molecule has 2 heterocycles. The SMILES string of the molecule is CC(=O)N1[C@@H](CC(C)(C)C)[C@@]2(C(=O)Nc3cc(Cl)ccc32)[C@@H](c2cccc(Cl)c2F)[C@@H]1C(=O)NC1CCC(O)CC1. The van der Waals surface area contributed by atoms with E-state index in [-0.39, 0.29) is 22.0 Å². The Bertz CT molecular complexity index is 1390. The van der Waals surface area contributed by atoms with Crippen LogP contribution in [-0.4, -0.2) is 52.0 Å². The van der Waals surface area contributed by atoms with Gasteiger partial charge in [0.15, 0.2) is 0 Å². The summed E-state index contributed by atoms with van der Waals surface area (Å²) in [5.41, 5.74) is -0.747. The van der Waals surface area contributed by atoms with Crippen LogP contribution < -0.4 is 10.6 Å². The molecule has 3 N–H and O–H groups in total. The highest BCUT2D eigenvalue weighted by molar-refractivity contribution is 6.31. The van der Waals surface area contributed by atoms with Gasteiger partial charge in [0.05, 0.1) is 17.2 Å². The number of nitrogens with one attached hydrogen (secondary N) is 2. The molecule has 1 saturated carbocycles. The first-order valence-corrected chi connectivity index (χ1v) is 14.8. The maximum atomic E-state index is 16.0. The molecule has 3 amide bonds. The van der Waals surface area contributed by atoms with Crippen molar-refractivity contribution in [3.8, 4) is 0 Å². The summed E-state index contributed by atoms with van der Waals surface area (Å²) in [6, 6.07) is 7.40. The molecule has 3 aliphatic rings. The summed E-state index contributed by atoms with van der Waals surface area (Å²) in [6.45, 7) is 7.39. The van der Waals surface area contributed by atoms with E-state index in [0.717, 1.165) is 0 Å². The molecule has 2 aromatic carbocycles. The molecule has 1 saturated heterocycles. The number of hydrogen-bond donors (Lipinski definition) is 3. The van der Waals surface area contributed by atoms with E-state index < -0.39 is 53.1 Å². The Morgan fingerprint density at radius 2 is 1.83 bits per heavy atom. The lowest BCUT2D eigenvalue weighted by molar-refractivity contribution is -0.140. The number of halogens is 3. The first-order valence-electron chi connectivity index (χ1n) is 14.1. The zero-order valence-corrected chi connectivity index (χ0v) is 25.2. The fourth-order valence-corrected chi connectivity index (χ4v) is 7.57. The first kappa shape index (κ1) is 29.8. The van der Waals surface area contributed by atoms with Crippen molar-refractivity contribution in [2.45, 2.75) is 95.4 Å². The number of carbonyl (C=O) groups excluding carboxylic acids is 3. The molecule has 0 unspecified atom stereocenters. The fraction of sp³-hybridized carbons (Fsp3) is 0.516. The molecule has 1 aliphatic carbocycles. The summed E-state index contributed by atoms with van der Waals surface area (Å²) < 4.78 is 16.0. The summed E-state index contributed by atoms with van der Waals surface area (Å²) in [6.07, 6.45) is 2.20. The third kappa shape index (κ3) is 5.12. The topological polar surface area (TPSA) is 98.7 Å². The Kier molecular flexibility index (Phi) is 7.90. The van der Waals surface area contributed by atoms with Gasteiger partial charge in [0, 0.05) is 29.6 Å². The third-order valence-electron chi connectivity index (χ3n) is 8.82. The van der Waals surface area contributed by atoms with Crippen molar-refractivity contribution in [1.82, 2.24) is 10.2 Å². The van der Waals surface area contributed by atoms with Gasteiger partial charge in [0.1, 0.15) is 17.3 Å². The van der Waals surface area contributed by atoms with Crippen molar-refractivity contribution in [1.29, 1.82) is 0 Å². The number of rotatable bonds is 4. The van der Waals surface area contributed by atoms with E-state index in [1.165, 1.54) is 17.9 Å². The Morgan fingerprint density at radius 3 is 2.46 bits per heavy atom. The summed E-state index contributed by atoms with van der Waals surface area (Å²) >= 11 is 12.6. The Morgan fingerprint density at radius 1 is 1.15 bits per heavy atom. The van der Waals surface area contributed by atoms with E-state index in [2.05, 4.69) is 10.6 Å². The second-order valence-electron chi connectivity index (χ2n) is 12.8. The van der Waals surface area contributed by atoms with Crippen LogP contribution in [0.15, 0.2) is 36.4 Å². The molecular weight excluding hydrogens is 568 g/mol. The molecule has 220 valence electrons. The molecule has 0 aromatic heterocycles. The molecule has 0 radical (unpaired) electrons. The van der Waals surface area contributed by atoms with Crippen LogP contribution in [0.4, 0.5) is 10.1 Å². The molecule has 5 rings (SSSR count). The number of hydrogen-bond acceptors (Lipinski definition) is 4. The Labute approximate surface area is 249 Å². The monoisotopic (exact) mass is 603 g/mol. The van der Waals surface area contributed by atoms with Gasteiger partial charge in [-0.25, -0.2) is 4.39 Å². The molecule has 10 heteroatoms. The molecule has 2 fully saturated rings. The highest BCUT2D eigenvalue weighted by atomic mass is 35.5. The van der Waals surface area contributed by atoms with Gasteiger partial charge in [0.25, 0.3) is 0 Å². The van der Waals surface area contributed by atoms with Crippen molar-refractivity contribution in [2.24, 2.45) is 5.41 Å². The number of anilines is 1. The standard InChI is InChI=1S/C31H36Cl2FN3O4/c1-16(38)37-24(15-30(2,3)4)31(21-13-8-17(32)14-23(21)36-29(31)41)25(20-6-5-7-22(33)26(20)34)27(37)28(40)35-18-9-11-19(39)12-10-18/h5-8,13-14,18-19,24-25,27,39H,9-12,15H2,1-4H3,(H,35,40)(H,36,41)/t18?,19?,24-,25-,27+,31+/m0/s1. The number of nitrogens with zero attached hydrogens (tertiary/aromatic N) is 1. The fourth-order valence-electron chi connectivity index (χ4n) is 7.21. The second-order valence-corrected chi connectivity index (χ2v) is 13.6. The van der Waals surface area contributed by atoms with Crippen LogP contribution in [-0.2, 0) is 19.8 Å². The lowest BCUT2D eigenvalue weighted by atomic mass is 9.62. The summed E-state index contributed by atoms with van der Waals surface area (Å²) in [7, 11) is 0. The van der Waals surface area contributed by atoms with E-state index in [4.69, 9.17) is 23.2 Å². The number of aliphatic hydroxyl groups is 1. The smallest absolute Gasteiger partial charge is 0.243 e. The summed E-state index contributed by atoms with van der Waals surface area (Å²) in [4.78, 5) is 43.8. The van der Waals surface area contributed by atoms with Crippen LogP contribution in [0.25, 0.3) is 0 Å². The van der Waals surface area contributed by atoms with E-state index in [0.29, 0.717) is 48.4 Å². The van der Waals surface area contributed by atoms with Gasteiger partial charge in [0.2, 0.25) is 17.7 Å². The number of benzene rings is 2. The van der Waals surface area contributed by atoms with Crippen LogP contribution in [0.5, 0.6) is 0 Å². The summed E-state index contributed by atoms with van der Waals surface area (Å²) in [5.74, 6) is -3.09. The van der Waals surface area contributed by atoms with Gasteiger partial charge in [-0.15, -0.1) is 0 Å². The Balaban J connectivity index is 1.78. The maximum absolute atomic E-state index is 16.0. The summed E-state index contributed by atoms with van der Waals surface area (Å²) in [5, 5.41) is 16.3. The number of likely N-dealkylation sites (tertiary alicyclic amines) is 1. The van der Waals surface area contributed by atoms with Crippen molar-refractivity contribution in [3.63, 3.8) is 0 Å². The van der Waals surface area contributed by atoms with Crippen molar-refractivity contribution in [2.75, 3.05) is 5.32 Å².